The molecule has 0 radical (unpaired) electrons. The maximum absolute atomic E-state index is 3.62. The zero-order chi connectivity index (χ0) is 12.7. The molecule has 0 amide bonds. The van der Waals surface area contributed by atoms with Crippen molar-refractivity contribution in [1.29, 1.82) is 0 Å². The molecule has 2 unspecified atom stereocenters. The molecule has 1 saturated heterocycles. The minimum absolute atomic E-state index is 0.713. The SMILES string of the molecule is CCCN(C(CC)CC)C1CCNC(C)CC1. The monoisotopic (exact) mass is 240 g/mol. The number of nitrogens with one attached hydrogen (secondary N) is 1. The van der Waals surface area contributed by atoms with Gasteiger partial charge in [-0.05, 0) is 58.5 Å². The molecule has 2 atom stereocenters. The van der Waals surface area contributed by atoms with E-state index in [4.69, 9.17) is 0 Å². The van der Waals surface area contributed by atoms with Crippen LogP contribution in [0.4, 0.5) is 0 Å². The van der Waals surface area contributed by atoms with E-state index in [9.17, 15) is 0 Å². The Labute approximate surface area is 108 Å². The van der Waals surface area contributed by atoms with Crippen LogP contribution in [0.5, 0.6) is 0 Å². The summed E-state index contributed by atoms with van der Waals surface area (Å²) in [4.78, 5) is 2.81. The smallest absolute Gasteiger partial charge is 0.0111 e. The van der Waals surface area contributed by atoms with E-state index in [-0.39, 0.29) is 0 Å². The van der Waals surface area contributed by atoms with Gasteiger partial charge in [0.1, 0.15) is 0 Å². The van der Waals surface area contributed by atoms with Crippen molar-refractivity contribution in [3.63, 3.8) is 0 Å². The van der Waals surface area contributed by atoms with Crippen LogP contribution in [0.3, 0.4) is 0 Å². The Hall–Kier alpha value is -0.0800. The average Bonchev–Trinajstić information content (AvgIpc) is 2.54. The van der Waals surface area contributed by atoms with E-state index in [2.05, 4.69) is 37.9 Å². The lowest BCUT2D eigenvalue weighted by Gasteiger charge is -2.37. The fraction of sp³-hybridized carbons (Fsp3) is 1.00. The summed E-state index contributed by atoms with van der Waals surface area (Å²) in [5.74, 6) is 0. The molecule has 1 rings (SSSR count). The Bertz CT molecular complexity index is 189. The zero-order valence-corrected chi connectivity index (χ0v) is 12.3. The van der Waals surface area contributed by atoms with Gasteiger partial charge in [-0.15, -0.1) is 0 Å². The summed E-state index contributed by atoms with van der Waals surface area (Å²) in [6.45, 7) is 11.8. The first-order valence-corrected chi connectivity index (χ1v) is 7.71. The molecular weight excluding hydrogens is 208 g/mol. The molecule has 0 spiro atoms. The Morgan fingerprint density at radius 2 is 1.82 bits per heavy atom. The summed E-state index contributed by atoms with van der Waals surface area (Å²) in [6.07, 6.45) is 7.94. The first-order chi connectivity index (χ1) is 8.22. The van der Waals surface area contributed by atoms with E-state index >= 15 is 0 Å². The number of rotatable bonds is 6. The van der Waals surface area contributed by atoms with Gasteiger partial charge in [0.05, 0.1) is 0 Å². The average molecular weight is 240 g/mol. The van der Waals surface area contributed by atoms with Crippen molar-refractivity contribution in [3.8, 4) is 0 Å². The van der Waals surface area contributed by atoms with Crippen molar-refractivity contribution in [2.24, 2.45) is 0 Å². The molecule has 1 aliphatic rings. The third-order valence-corrected chi connectivity index (χ3v) is 4.27. The van der Waals surface area contributed by atoms with Gasteiger partial charge in [-0.25, -0.2) is 0 Å². The van der Waals surface area contributed by atoms with Gasteiger partial charge < -0.3 is 5.32 Å². The Balaban J connectivity index is 2.61. The molecule has 2 heteroatoms. The first-order valence-electron chi connectivity index (χ1n) is 7.71. The summed E-state index contributed by atoms with van der Waals surface area (Å²) < 4.78 is 0. The standard InChI is InChI=1S/C15H32N2/c1-5-12-17(14(6-2)7-3)15-9-8-13(4)16-11-10-15/h13-16H,5-12H2,1-4H3. The van der Waals surface area contributed by atoms with Crippen molar-refractivity contribution in [2.75, 3.05) is 13.1 Å². The van der Waals surface area contributed by atoms with E-state index in [0.29, 0.717) is 6.04 Å². The van der Waals surface area contributed by atoms with Crippen molar-refractivity contribution in [3.05, 3.63) is 0 Å². The molecule has 1 fully saturated rings. The Morgan fingerprint density at radius 1 is 1.12 bits per heavy atom. The Morgan fingerprint density at radius 3 is 2.41 bits per heavy atom. The third kappa shape index (κ3) is 4.59. The molecule has 17 heavy (non-hydrogen) atoms. The summed E-state index contributed by atoms with van der Waals surface area (Å²) in [6, 6.07) is 2.33. The third-order valence-electron chi connectivity index (χ3n) is 4.27. The van der Waals surface area contributed by atoms with Gasteiger partial charge in [0.15, 0.2) is 0 Å². The van der Waals surface area contributed by atoms with Crippen LogP contribution in [0.15, 0.2) is 0 Å². The molecule has 102 valence electrons. The van der Waals surface area contributed by atoms with Crippen LogP contribution in [0.2, 0.25) is 0 Å². The highest BCUT2D eigenvalue weighted by Gasteiger charge is 2.25. The van der Waals surface area contributed by atoms with Gasteiger partial charge in [-0.2, -0.15) is 0 Å². The van der Waals surface area contributed by atoms with Crippen molar-refractivity contribution < 1.29 is 0 Å². The maximum Gasteiger partial charge on any atom is 0.0111 e. The predicted octanol–water partition coefficient (Wildman–Crippen LogP) is 3.42. The second kappa shape index (κ2) is 8.10. The van der Waals surface area contributed by atoms with E-state index < -0.39 is 0 Å². The van der Waals surface area contributed by atoms with Gasteiger partial charge in [-0.1, -0.05) is 20.8 Å². The highest BCUT2D eigenvalue weighted by atomic mass is 15.2. The molecule has 1 N–H and O–H groups in total. The Kier molecular flexibility index (Phi) is 7.14. The number of nitrogens with zero attached hydrogens (tertiary/aromatic N) is 1. The van der Waals surface area contributed by atoms with Crippen LogP contribution in [-0.2, 0) is 0 Å². The van der Waals surface area contributed by atoms with Crippen LogP contribution >= 0.6 is 0 Å². The molecule has 0 aromatic heterocycles. The van der Waals surface area contributed by atoms with E-state index in [1.54, 1.807) is 0 Å². The van der Waals surface area contributed by atoms with Gasteiger partial charge >= 0.3 is 0 Å². The molecule has 2 nitrogen and oxygen atoms in total. The zero-order valence-electron chi connectivity index (χ0n) is 12.3. The predicted molar refractivity (Wildman–Crippen MR) is 76.5 cm³/mol. The summed E-state index contributed by atoms with van der Waals surface area (Å²) in [5.41, 5.74) is 0. The summed E-state index contributed by atoms with van der Waals surface area (Å²) in [5, 5.41) is 3.62. The highest BCUT2D eigenvalue weighted by molar-refractivity contribution is 4.82. The van der Waals surface area contributed by atoms with Crippen molar-refractivity contribution in [1.82, 2.24) is 10.2 Å². The molecule has 0 bridgehead atoms. The minimum atomic E-state index is 0.713. The van der Waals surface area contributed by atoms with Crippen LogP contribution in [-0.4, -0.2) is 36.1 Å². The highest BCUT2D eigenvalue weighted by Crippen LogP contribution is 2.21. The van der Waals surface area contributed by atoms with Crippen LogP contribution in [0.1, 0.15) is 66.2 Å². The summed E-state index contributed by atoms with van der Waals surface area (Å²) >= 11 is 0. The molecular formula is C15H32N2. The largest absolute Gasteiger partial charge is 0.314 e. The minimum Gasteiger partial charge on any atom is -0.314 e. The quantitative estimate of drug-likeness (QED) is 0.765. The lowest BCUT2D eigenvalue weighted by molar-refractivity contribution is 0.115. The lowest BCUT2D eigenvalue weighted by Crippen LogP contribution is -2.43. The normalized spacial score (nSPS) is 26.5. The van der Waals surface area contributed by atoms with Crippen molar-refractivity contribution >= 4 is 0 Å². The van der Waals surface area contributed by atoms with Crippen molar-refractivity contribution in [2.45, 2.75) is 84.3 Å². The maximum atomic E-state index is 3.62. The second-order valence-corrected chi connectivity index (χ2v) is 5.58. The second-order valence-electron chi connectivity index (χ2n) is 5.58. The van der Waals surface area contributed by atoms with E-state index in [1.807, 2.05) is 0 Å². The number of hydrogen-bond acceptors (Lipinski definition) is 2. The summed E-state index contributed by atoms with van der Waals surface area (Å²) in [7, 11) is 0. The fourth-order valence-corrected chi connectivity index (χ4v) is 3.20. The van der Waals surface area contributed by atoms with Gasteiger partial charge in [0.25, 0.3) is 0 Å². The van der Waals surface area contributed by atoms with E-state index in [1.165, 1.54) is 51.6 Å². The topological polar surface area (TPSA) is 15.3 Å². The molecule has 0 aromatic rings. The van der Waals surface area contributed by atoms with E-state index in [0.717, 1.165) is 12.1 Å². The van der Waals surface area contributed by atoms with Crippen LogP contribution < -0.4 is 5.32 Å². The lowest BCUT2D eigenvalue weighted by atomic mass is 10.0. The number of hydrogen-bond donors (Lipinski definition) is 1. The molecule has 0 aliphatic carbocycles. The van der Waals surface area contributed by atoms with Gasteiger partial charge in [0.2, 0.25) is 0 Å². The molecule has 1 aliphatic heterocycles. The van der Waals surface area contributed by atoms with Crippen LogP contribution in [0, 0.1) is 0 Å². The first kappa shape index (κ1) is 15.0. The molecule has 1 heterocycles. The fourth-order valence-electron chi connectivity index (χ4n) is 3.20. The van der Waals surface area contributed by atoms with Gasteiger partial charge in [0, 0.05) is 18.1 Å². The van der Waals surface area contributed by atoms with Crippen LogP contribution in [0.25, 0.3) is 0 Å². The molecule has 0 saturated carbocycles. The molecule has 0 aromatic carbocycles. The van der Waals surface area contributed by atoms with Gasteiger partial charge in [-0.3, -0.25) is 4.90 Å².